The summed E-state index contributed by atoms with van der Waals surface area (Å²) in [6, 6.07) is 0. The Morgan fingerprint density at radius 3 is 2.47 bits per heavy atom. The van der Waals surface area contributed by atoms with Gasteiger partial charge in [0, 0.05) is 0 Å². The summed E-state index contributed by atoms with van der Waals surface area (Å²) in [7, 11) is 0. The van der Waals surface area contributed by atoms with E-state index in [1.54, 1.807) is 0 Å². The number of esters is 1. The molecule has 0 aliphatic heterocycles. The standard InChI is InChI=1S/C13H24O2/c1-6-8-9-10-13(4,5)11(3)12(14)15-7-2/h9-11H,6-8H2,1-5H3/b10-9+. The van der Waals surface area contributed by atoms with Crippen LogP contribution in [0.5, 0.6) is 0 Å². The van der Waals surface area contributed by atoms with Crippen molar-refractivity contribution in [3.8, 4) is 0 Å². The molecule has 1 unspecified atom stereocenters. The van der Waals surface area contributed by atoms with Crippen molar-refractivity contribution in [1.29, 1.82) is 0 Å². The summed E-state index contributed by atoms with van der Waals surface area (Å²) in [5, 5.41) is 0. The third-order valence-electron chi connectivity index (χ3n) is 2.76. The molecule has 0 radical (unpaired) electrons. The first-order valence-electron chi connectivity index (χ1n) is 5.80. The van der Waals surface area contributed by atoms with Crippen molar-refractivity contribution >= 4 is 5.97 Å². The fourth-order valence-corrected chi connectivity index (χ4v) is 1.27. The summed E-state index contributed by atoms with van der Waals surface area (Å²) >= 11 is 0. The zero-order chi connectivity index (χ0) is 11.9. The van der Waals surface area contributed by atoms with Gasteiger partial charge in [0.1, 0.15) is 0 Å². The highest BCUT2D eigenvalue weighted by Gasteiger charge is 2.29. The minimum atomic E-state index is -0.124. The van der Waals surface area contributed by atoms with Gasteiger partial charge in [-0.1, -0.05) is 46.3 Å². The highest BCUT2D eigenvalue weighted by atomic mass is 16.5. The van der Waals surface area contributed by atoms with Gasteiger partial charge in [-0.15, -0.1) is 0 Å². The maximum absolute atomic E-state index is 11.6. The lowest BCUT2D eigenvalue weighted by atomic mass is 9.79. The van der Waals surface area contributed by atoms with Crippen LogP contribution in [-0.2, 0) is 9.53 Å². The van der Waals surface area contributed by atoms with Crippen LogP contribution in [0, 0.1) is 11.3 Å². The second-order valence-electron chi connectivity index (χ2n) is 4.49. The number of hydrogen-bond donors (Lipinski definition) is 0. The van der Waals surface area contributed by atoms with E-state index in [1.807, 2.05) is 13.8 Å². The molecule has 0 amide bonds. The molecule has 0 fully saturated rings. The molecule has 0 saturated carbocycles. The number of rotatable bonds is 6. The molecule has 1 atom stereocenters. The van der Waals surface area contributed by atoms with Crippen LogP contribution in [0.3, 0.4) is 0 Å². The molecule has 0 spiro atoms. The fourth-order valence-electron chi connectivity index (χ4n) is 1.27. The van der Waals surface area contributed by atoms with Crippen molar-refractivity contribution in [2.24, 2.45) is 11.3 Å². The molecule has 0 heterocycles. The average molecular weight is 212 g/mol. The van der Waals surface area contributed by atoms with Gasteiger partial charge in [0.25, 0.3) is 0 Å². The number of allylic oxidation sites excluding steroid dienone is 2. The maximum atomic E-state index is 11.6. The van der Waals surface area contributed by atoms with E-state index in [-0.39, 0.29) is 17.3 Å². The quantitative estimate of drug-likeness (QED) is 0.497. The molecule has 15 heavy (non-hydrogen) atoms. The van der Waals surface area contributed by atoms with Crippen molar-refractivity contribution in [1.82, 2.24) is 0 Å². The van der Waals surface area contributed by atoms with Gasteiger partial charge in [-0.25, -0.2) is 0 Å². The highest BCUT2D eigenvalue weighted by Crippen LogP contribution is 2.29. The van der Waals surface area contributed by atoms with E-state index in [4.69, 9.17) is 4.74 Å². The number of carbonyl (C=O) groups is 1. The fraction of sp³-hybridized carbons (Fsp3) is 0.769. The summed E-state index contributed by atoms with van der Waals surface area (Å²) in [5.74, 6) is -0.200. The van der Waals surface area contributed by atoms with Crippen molar-refractivity contribution in [3.05, 3.63) is 12.2 Å². The Hall–Kier alpha value is -0.790. The third-order valence-corrected chi connectivity index (χ3v) is 2.76. The topological polar surface area (TPSA) is 26.3 Å². The van der Waals surface area contributed by atoms with Crippen molar-refractivity contribution in [2.75, 3.05) is 6.61 Å². The third kappa shape index (κ3) is 5.01. The van der Waals surface area contributed by atoms with E-state index in [0.29, 0.717) is 6.61 Å². The molecule has 2 heteroatoms. The van der Waals surface area contributed by atoms with E-state index in [0.717, 1.165) is 12.8 Å². The van der Waals surface area contributed by atoms with Crippen LogP contribution in [-0.4, -0.2) is 12.6 Å². The molecular formula is C13H24O2. The van der Waals surface area contributed by atoms with Crippen molar-refractivity contribution in [2.45, 2.75) is 47.5 Å². The highest BCUT2D eigenvalue weighted by molar-refractivity contribution is 5.73. The van der Waals surface area contributed by atoms with Crippen LogP contribution in [0.15, 0.2) is 12.2 Å². The van der Waals surface area contributed by atoms with Gasteiger partial charge in [-0.05, 0) is 18.8 Å². The first-order valence-corrected chi connectivity index (χ1v) is 5.80. The van der Waals surface area contributed by atoms with E-state index < -0.39 is 0 Å². The second-order valence-corrected chi connectivity index (χ2v) is 4.49. The minimum absolute atomic E-state index is 0.0921. The Morgan fingerprint density at radius 2 is 2.00 bits per heavy atom. The monoisotopic (exact) mass is 212 g/mol. The Kier molecular flexibility index (Phi) is 6.30. The molecule has 0 bridgehead atoms. The Labute approximate surface area is 93.7 Å². The molecular weight excluding hydrogens is 188 g/mol. The molecule has 88 valence electrons. The normalized spacial score (nSPS) is 14.2. The summed E-state index contributed by atoms with van der Waals surface area (Å²) in [5.41, 5.74) is -0.124. The molecule has 2 nitrogen and oxygen atoms in total. The predicted octanol–water partition coefficient (Wildman–Crippen LogP) is 3.57. The van der Waals surface area contributed by atoms with Crippen molar-refractivity contribution < 1.29 is 9.53 Å². The summed E-state index contributed by atoms with van der Waals surface area (Å²) < 4.78 is 5.02. The average Bonchev–Trinajstić information content (AvgIpc) is 2.17. The number of unbranched alkanes of at least 4 members (excludes halogenated alkanes) is 1. The summed E-state index contributed by atoms with van der Waals surface area (Å²) in [6.07, 6.45) is 6.48. The SMILES string of the molecule is CCC/C=C/C(C)(C)C(C)C(=O)OCC. The van der Waals surface area contributed by atoms with Crippen LogP contribution in [0.1, 0.15) is 47.5 Å². The molecule has 0 aromatic carbocycles. The van der Waals surface area contributed by atoms with Gasteiger partial charge >= 0.3 is 5.97 Å². The molecule has 0 saturated heterocycles. The Balaban J connectivity index is 4.36. The zero-order valence-corrected chi connectivity index (χ0v) is 10.7. The zero-order valence-electron chi connectivity index (χ0n) is 10.7. The van der Waals surface area contributed by atoms with Crippen LogP contribution in [0.4, 0.5) is 0 Å². The predicted molar refractivity (Wildman–Crippen MR) is 63.6 cm³/mol. The van der Waals surface area contributed by atoms with Gasteiger partial charge in [0.05, 0.1) is 12.5 Å². The number of ether oxygens (including phenoxy) is 1. The number of carbonyl (C=O) groups excluding carboxylic acids is 1. The first-order chi connectivity index (χ1) is 6.95. The number of hydrogen-bond acceptors (Lipinski definition) is 2. The molecule has 0 aromatic rings. The van der Waals surface area contributed by atoms with E-state index in [2.05, 4.69) is 32.9 Å². The van der Waals surface area contributed by atoms with Gasteiger partial charge in [-0.3, -0.25) is 4.79 Å². The van der Waals surface area contributed by atoms with E-state index >= 15 is 0 Å². The Bertz CT molecular complexity index is 217. The smallest absolute Gasteiger partial charge is 0.309 e. The van der Waals surface area contributed by atoms with Crippen LogP contribution in [0.2, 0.25) is 0 Å². The lowest BCUT2D eigenvalue weighted by molar-refractivity contribution is -0.150. The second kappa shape index (κ2) is 6.65. The summed E-state index contributed by atoms with van der Waals surface area (Å²) in [6.45, 7) is 10.5. The largest absolute Gasteiger partial charge is 0.466 e. The van der Waals surface area contributed by atoms with E-state index in [9.17, 15) is 4.79 Å². The molecule has 0 aromatic heterocycles. The van der Waals surface area contributed by atoms with E-state index in [1.165, 1.54) is 0 Å². The van der Waals surface area contributed by atoms with Crippen molar-refractivity contribution in [3.63, 3.8) is 0 Å². The molecule has 0 rings (SSSR count). The maximum Gasteiger partial charge on any atom is 0.309 e. The molecule has 0 N–H and O–H groups in total. The van der Waals surface area contributed by atoms with Gasteiger partial charge in [0.15, 0.2) is 0 Å². The van der Waals surface area contributed by atoms with Crippen LogP contribution >= 0.6 is 0 Å². The van der Waals surface area contributed by atoms with Gasteiger partial charge < -0.3 is 4.74 Å². The van der Waals surface area contributed by atoms with Crippen LogP contribution < -0.4 is 0 Å². The van der Waals surface area contributed by atoms with Gasteiger partial charge in [0.2, 0.25) is 0 Å². The first kappa shape index (κ1) is 14.2. The molecule has 0 aliphatic carbocycles. The van der Waals surface area contributed by atoms with Crippen LogP contribution in [0.25, 0.3) is 0 Å². The molecule has 0 aliphatic rings. The lowest BCUT2D eigenvalue weighted by Gasteiger charge is -2.26. The minimum Gasteiger partial charge on any atom is -0.466 e. The lowest BCUT2D eigenvalue weighted by Crippen LogP contribution is -2.28. The Morgan fingerprint density at radius 1 is 1.40 bits per heavy atom. The van der Waals surface area contributed by atoms with Gasteiger partial charge in [-0.2, -0.15) is 0 Å². The summed E-state index contributed by atoms with van der Waals surface area (Å²) in [4.78, 5) is 11.6.